The van der Waals surface area contributed by atoms with Crippen LogP contribution in [0.25, 0.3) is 0 Å². The Hall–Kier alpha value is -1.59. The van der Waals surface area contributed by atoms with Crippen molar-refractivity contribution in [2.75, 3.05) is 13.1 Å². The van der Waals surface area contributed by atoms with Crippen molar-refractivity contribution in [3.05, 3.63) is 35.4 Å². The standard InChI is InChI=1S/C14H15F3N2O2S/c15-14(16,17)13-3-1-2-12(8-13)10-22(20,21)19(7-6-18)9-11-4-5-11/h1-3,8,11H,4-5,7,9-10H2. The zero-order valence-electron chi connectivity index (χ0n) is 11.7. The van der Waals surface area contributed by atoms with Crippen LogP contribution in [0, 0.1) is 17.2 Å². The Labute approximate surface area is 127 Å². The van der Waals surface area contributed by atoms with Crippen molar-refractivity contribution >= 4 is 10.0 Å². The molecule has 0 saturated heterocycles. The number of hydrogen-bond acceptors (Lipinski definition) is 3. The number of nitrogens with zero attached hydrogens (tertiary/aromatic N) is 2. The molecule has 0 N–H and O–H groups in total. The van der Waals surface area contributed by atoms with Gasteiger partial charge in [-0.25, -0.2) is 8.42 Å². The van der Waals surface area contributed by atoms with Gasteiger partial charge in [-0.15, -0.1) is 0 Å². The van der Waals surface area contributed by atoms with Crippen molar-refractivity contribution in [2.24, 2.45) is 5.92 Å². The van der Waals surface area contributed by atoms with E-state index in [-0.39, 0.29) is 24.6 Å². The van der Waals surface area contributed by atoms with Crippen LogP contribution in [0.4, 0.5) is 13.2 Å². The van der Waals surface area contributed by atoms with Gasteiger partial charge in [0.05, 0.1) is 17.4 Å². The number of rotatable bonds is 6. The van der Waals surface area contributed by atoms with E-state index in [1.54, 1.807) is 6.07 Å². The molecule has 1 aliphatic carbocycles. The highest BCUT2D eigenvalue weighted by Crippen LogP contribution is 2.32. The molecule has 0 spiro atoms. The minimum Gasteiger partial charge on any atom is -0.212 e. The number of benzene rings is 1. The highest BCUT2D eigenvalue weighted by Gasteiger charge is 2.32. The van der Waals surface area contributed by atoms with Crippen LogP contribution in [-0.2, 0) is 22.0 Å². The van der Waals surface area contributed by atoms with E-state index in [0.717, 1.165) is 29.3 Å². The van der Waals surface area contributed by atoms with Crippen molar-refractivity contribution in [1.29, 1.82) is 5.26 Å². The summed E-state index contributed by atoms with van der Waals surface area (Å²) < 4.78 is 63.6. The maximum atomic E-state index is 12.7. The van der Waals surface area contributed by atoms with E-state index < -0.39 is 27.5 Å². The Morgan fingerprint density at radius 3 is 2.55 bits per heavy atom. The first-order valence-corrected chi connectivity index (χ1v) is 8.34. The number of alkyl halides is 3. The first-order chi connectivity index (χ1) is 10.2. The molecule has 0 atom stereocenters. The summed E-state index contributed by atoms with van der Waals surface area (Å²) in [6.07, 6.45) is -2.68. The van der Waals surface area contributed by atoms with Gasteiger partial charge in [0.15, 0.2) is 0 Å². The van der Waals surface area contributed by atoms with E-state index in [9.17, 15) is 21.6 Å². The minimum atomic E-state index is -4.51. The number of nitriles is 1. The number of sulfonamides is 1. The van der Waals surface area contributed by atoms with Gasteiger partial charge in [-0.3, -0.25) is 0 Å². The lowest BCUT2D eigenvalue weighted by Gasteiger charge is -2.19. The maximum Gasteiger partial charge on any atom is 0.416 e. The molecule has 0 bridgehead atoms. The van der Waals surface area contributed by atoms with E-state index >= 15 is 0 Å². The highest BCUT2D eigenvalue weighted by molar-refractivity contribution is 7.88. The van der Waals surface area contributed by atoms with Crippen LogP contribution in [0.3, 0.4) is 0 Å². The van der Waals surface area contributed by atoms with Crippen LogP contribution in [-0.4, -0.2) is 25.8 Å². The first-order valence-electron chi connectivity index (χ1n) is 6.73. The molecule has 0 unspecified atom stereocenters. The summed E-state index contributed by atoms with van der Waals surface area (Å²) in [4.78, 5) is 0. The molecule has 0 amide bonds. The molecule has 8 heteroatoms. The molecule has 1 aromatic carbocycles. The third kappa shape index (κ3) is 4.45. The molecule has 1 aliphatic rings. The van der Waals surface area contributed by atoms with E-state index in [4.69, 9.17) is 5.26 Å². The number of hydrogen-bond donors (Lipinski definition) is 0. The fourth-order valence-electron chi connectivity index (χ4n) is 2.08. The summed E-state index contributed by atoms with van der Waals surface area (Å²) in [5.41, 5.74) is -0.817. The summed E-state index contributed by atoms with van der Waals surface area (Å²) in [6, 6.07) is 6.05. The van der Waals surface area contributed by atoms with Crippen molar-refractivity contribution < 1.29 is 21.6 Å². The molecule has 22 heavy (non-hydrogen) atoms. The highest BCUT2D eigenvalue weighted by atomic mass is 32.2. The van der Waals surface area contributed by atoms with Gasteiger partial charge in [-0.2, -0.15) is 22.7 Å². The third-order valence-electron chi connectivity index (χ3n) is 3.40. The lowest BCUT2D eigenvalue weighted by molar-refractivity contribution is -0.137. The van der Waals surface area contributed by atoms with Crippen LogP contribution in [0.15, 0.2) is 24.3 Å². The molecule has 1 aromatic rings. The molecule has 0 aliphatic heterocycles. The monoisotopic (exact) mass is 332 g/mol. The molecule has 1 saturated carbocycles. The predicted molar refractivity (Wildman–Crippen MR) is 74.0 cm³/mol. The Balaban J connectivity index is 2.18. The van der Waals surface area contributed by atoms with Crippen LogP contribution in [0.2, 0.25) is 0 Å². The average molecular weight is 332 g/mol. The zero-order valence-corrected chi connectivity index (χ0v) is 12.5. The van der Waals surface area contributed by atoms with E-state index in [1.807, 2.05) is 0 Å². The first kappa shape index (κ1) is 16.8. The Morgan fingerprint density at radius 2 is 2.00 bits per heavy atom. The van der Waals surface area contributed by atoms with E-state index in [2.05, 4.69) is 0 Å². The van der Waals surface area contributed by atoms with Crippen LogP contribution in [0.5, 0.6) is 0 Å². The van der Waals surface area contributed by atoms with Gasteiger partial charge >= 0.3 is 6.18 Å². The summed E-state index contributed by atoms with van der Waals surface area (Å²) in [6.45, 7) is -0.0212. The van der Waals surface area contributed by atoms with Gasteiger partial charge in [0, 0.05) is 6.54 Å². The van der Waals surface area contributed by atoms with Gasteiger partial charge in [0.2, 0.25) is 10.0 Å². The maximum absolute atomic E-state index is 12.7. The molecular weight excluding hydrogens is 317 g/mol. The van der Waals surface area contributed by atoms with Gasteiger partial charge in [0.1, 0.15) is 6.54 Å². The summed E-state index contributed by atoms with van der Waals surface area (Å²) in [5, 5.41) is 8.75. The fourth-order valence-corrected chi connectivity index (χ4v) is 3.56. The van der Waals surface area contributed by atoms with Gasteiger partial charge < -0.3 is 0 Å². The quantitative estimate of drug-likeness (QED) is 0.753. The van der Waals surface area contributed by atoms with Gasteiger partial charge in [0.25, 0.3) is 0 Å². The van der Waals surface area contributed by atoms with Crippen molar-refractivity contribution in [1.82, 2.24) is 4.31 Å². The number of halogens is 3. The van der Waals surface area contributed by atoms with E-state index in [0.29, 0.717) is 0 Å². The van der Waals surface area contributed by atoms with E-state index in [1.165, 1.54) is 12.1 Å². The lowest BCUT2D eigenvalue weighted by Crippen LogP contribution is -2.34. The molecular formula is C14H15F3N2O2S. The molecule has 120 valence electrons. The molecule has 0 aromatic heterocycles. The normalized spacial score (nSPS) is 15.8. The lowest BCUT2D eigenvalue weighted by atomic mass is 10.1. The second-order valence-electron chi connectivity index (χ2n) is 5.35. The Bertz CT molecular complexity index is 676. The average Bonchev–Trinajstić information content (AvgIpc) is 3.21. The second kappa shape index (κ2) is 6.26. The SMILES string of the molecule is N#CCN(CC1CC1)S(=O)(=O)Cc1cccc(C(F)(F)F)c1. The van der Waals surface area contributed by atoms with Crippen molar-refractivity contribution in [3.8, 4) is 6.07 Å². The Morgan fingerprint density at radius 1 is 1.32 bits per heavy atom. The minimum absolute atomic E-state index is 0.0635. The molecule has 0 heterocycles. The smallest absolute Gasteiger partial charge is 0.212 e. The third-order valence-corrected chi connectivity index (χ3v) is 5.17. The van der Waals surface area contributed by atoms with Crippen molar-refractivity contribution in [3.63, 3.8) is 0 Å². The fraction of sp³-hybridized carbons (Fsp3) is 0.500. The van der Waals surface area contributed by atoms with Gasteiger partial charge in [-0.05, 0) is 30.4 Å². The van der Waals surface area contributed by atoms with Crippen molar-refractivity contribution in [2.45, 2.75) is 24.8 Å². The predicted octanol–water partition coefficient (Wildman–Crippen LogP) is 2.77. The summed E-state index contributed by atoms with van der Waals surface area (Å²) in [5.74, 6) is -0.282. The summed E-state index contributed by atoms with van der Waals surface area (Å²) in [7, 11) is -3.81. The van der Waals surface area contributed by atoms with Crippen LogP contribution in [0.1, 0.15) is 24.0 Å². The van der Waals surface area contributed by atoms with Crippen LogP contribution >= 0.6 is 0 Å². The molecule has 1 fully saturated rings. The molecule has 2 rings (SSSR count). The topological polar surface area (TPSA) is 61.2 Å². The summed E-state index contributed by atoms with van der Waals surface area (Å²) >= 11 is 0. The molecule has 0 radical (unpaired) electrons. The molecule has 4 nitrogen and oxygen atoms in total. The largest absolute Gasteiger partial charge is 0.416 e. The van der Waals surface area contributed by atoms with Crippen LogP contribution < -0.4 is 0 Å². The Kier molecular flexibility index (Phi) is 4.78. The zero-order chi connectivity index (χ0) is 16.4. The van der Waals surface area contributed by atoms with Gasteiger partial charge in [-0.1, -0.05) is 18.2 Å². The second-order valence-corrected chi connectivity index (χ2v) is 7.32.